The maximum absolute atomic E-state index is 11.6. The Morgan fingerprint density at radius 1 is 0.667 bits per heavy atom. The summed E-state index contributed by atoms with van der Waals surface area (Å²) in [5.41, 5.74) is 2.52. The fourth-order valence-electron chi connectivity index (χ4n) is 3.49. The zero-order valence-electron chi connectivity index (χ0n) is 18.7. The number of hydrogen-bond donors (Lipinski definition) is 3. The van der Waals surface area contributed by atoms with Crippen molar-refractivity contribution in [2.75, 3.05) is 0 Å². The third-order valence-corrected chi connectivity index (χ3v) is 5.31. The molecule has 0 saturated carbocycles. The van der Waals surface area contributed by atoms with Crippen LogP contribution in [-0.2, 0) is 4.79 Å². The number of hydrazine groups is 1. The Labute approximate surface area is 169 Å². The molecule has 4 heteroatoms. The second kappa shape index (κ2) is 20.1. The largest absolute Gasteiger partial charge is 0.340 e. The molecule has 4 nitrogen and oxygen atoms in total. The number of hydrogen-bond acceptors (Lipinski definition) is 3. The van der Waals surface area contributed by atoms with Crippen molar-refractivity contribution in [2.24, 2.45) is 11.8 Å². The van der Waals surface area contributed by atoms with E-state index in [4.69, 9.17) is 5.84 Å². The Morgan fingerprint density at radius 2 is 1.04 bits per heavy atom. The zero-order valence-corrected chi connectivity index (χ0v) is 18.7. The van der Waals surface area contributed by atoms with E-state index in [9.17, 15) is 4.79 Å². The molecule has 0 rings (SSSR count). The molecule has 1 amide bonds. The van der Waals surface area contributed by atoms with Crippen LogP contribution in [0.4, 0.5) is 0 Å². The highest BCUT2D eigenvalue weighted by Crippen LogP contribution is 2.15. The fourth-order valence-corrected chi connectivity index (χ4v) is 3.49. The van der Waals surface area contributed by atoms with Gasteiger partial charge in [0, 0.05) is 6.42 Å². The van der Waals surface area contributed by atoms with E-state index in [1.165, 1.54) is 89.9 Å². The number of amides is 1. The third-order valence-electron chi connectivity index (χ3n) is 5.31. The highest BCUT2D eigenvalue weighted by atomic mass is 16.1. The van der Waals surface area contributed by atoms with E-state index in [0.29, 0.717) is 6.42 Å². The van der Waals surface area contributed by atoms with Gasteiger partial charge < -0.3 is 5.32 Å². The SMILES string of the molecule is CC(C)CCCCCCCCCCCCCCCCCC(=O)NC(C)NN. The highest BCUT2D eigenvalue weighted by molar-refractivity contribution is 5.76. The number of carbonyl (C=O) groups excluding carboxylic acids is 1. The number of nitrogens with one attached hydrogen (secondary N) is 2. The summed E-state index contributed by atoms with van der Waals surface area (Å²) in [6.45, 7) is 6.49. The van der Waals surface area contributed by atoms with Crippen LogP contribution in [0.2, 0.25) is 0 Å². The summed E-state index contributed by atoms with van der Waals surface area (Å²) in [6.07, 6.45) is 22.2. The van der Waals surface area contributed by atoms with Crippen LogP contribution in [0.3, 0.4) is 0 Å². The molecule has 4 N–H and O–H groups in total. The van der Waals surface area contributed by atoms with Gasteiger partial charge in [0.15, 0.2) is 0 Å². The lowest BCUT2D eigenvalue weighted by Gasteiger charge is -2.11. The van der Waals surface area contributed by atoms with Crippen molar-refractivity contribution in [3.63, 3.8) is 0 Å². The van der Waals surface area contributed by atoms with Gasteiger partial charge in [-0.15, -0.1) is 0 Å². The first-order chi connectivity index (χ1) is 13.1. The molecule has 0 heterocycles. The molecule has 27 heavy (non-hydrogen) atoms. The van der Waals surface area contributed by atoms with Crippen LogP contribution in [0.15, 0.2) is 0 Å². The summed E-state index contributed by atoms with van der Waals surface area (Å²) in [7, 11) is 0. The van der Waals surface area contributed by atoms with Crippen LogP contribution < -0.4 is 16.6 Å². The van der Waals surface area contributed by atoms with Gasteiger partial charge in [0.1, 0.15) is 0 Å². The molecule has 0 bridgehead atoms. The quantitative estimate of drug-likeness (QED) is 0.101. The van der Waals surface area contributed by atoms with Crippen molar-refractivity contribution in [1.82, 2.24) is 10.7 Å². The first kappa shape index (κ1) is 26.4. The van der Waals surface area contributed by atoms with Gasteiger partial charge in [-0.25, -0.2) is 5.43 Å². The first-order valence-electron chi connectivity index (χ1n) is 11.8. The Morgan fingerprint density at radius 3 is 1.41 bits per heavy atom. The van der Waals surface area contributed by atoms with Gasteiger partial charge >= 0.3 is 0 Å². The van der Waals surface area contributed by atoms with Crippen molar-refractivity contribution in [3.8, 4) is 0 Å². The summed E-state index contributed by atoms with van der Waals surface area (Å²) in [5.74, 6) is 6.22. The molecular formula is C23H49N3O. The summed E-state index contributed by atoms with van der Waals surface area (Å²) in [6, 6.07) is 0. The van der Waals surface area contributed by atoms with Gasteiger partial charge in [-0.2, -0.15) is 0 Å². The van der Waals surface area contributed by atoms with Gasteiger partial charge in [0.05, 0.1) is 6.17 Å². The van der Waals surface area contributed by atoms with Crippen molar-refractivity contribution in [2.45, 2.75) is 136 Å². The van der Waals surface area contributed by atoms with Gasteiger partial charge in [-0.05, 0) is 19.3 Å². The second-order valence-corrected chi connectivity index (χ2v) is 8.69. The smallest absolute Gasteiger partial charge is 0.221 e. The summed E-state index contributed by atoms with van der Waals surface area (Å²) in [5, 5.41) is 2.81. The van der Waals surface area contributed by atoms with Crippen LogP contribution in [-0.4, -0.2) is 12.1 Å². The third kappa shape index (κ3) is 21.5. The molecule has 0 radical (unpaired) electrons. The number of carbonyl (C=O) groups is 1. The predicted molar refractivity (Wildman–Crippen MR) is 118 cm³/mol. The molecule has 0 aliphatic rings. The Bertz CT molecular complexity index is 321. The summed E-state index contributed by atoms with van der Waals surface area (Å²) >= 11 is 0. The number of nitrogens with two attached hydrogens (primary N) is 1. The normalized spacial score (nSPS) is 12.5. The molecule has 0 fully saturated rings. The van der Waals surface area contributed by atoms with Crippen molar-refractivity contribution < 1.29 is 4.79 Å². The molecule has 0 spiro atoms. The summed E-state index contributed by atoms with van der Waals surface area (Å²) < 4.78 is 0. The molecular weight excluding hydrogens is 334 g/mol. The van der Waals surface area contributed by atoms with Gasteiger partial charge in [0.25, 0.3) is 0 Å². The average molecular weight is 384 g/mol. The molecule has 0 aliphatic carbocycles. The lowest BCUT2D eigenvalue weighted by atomic mass is 10.0. The maximum atomic E-state index is 11.6. The average Bonchev–Trinajstić information content (AvgIpc) is 2.63. The van der Waals surface area contributed by atoms with Gasteiger partial charge in [0.2, 0.25) is 5.91 Å². The van der Waals surface area contributed by atoms with Crippen LogP contribution in [0, 0.1) is 5.92 Å². The van der Waals surface area contributed by atoms with E-state index >= 15 is 0 Å². The lowest BCUT2D eigenvalue weighted by molar-refractivity contribution is -0.122. The topological polar surface area (TPSA) is 67.2 Å². The zero-order chi connectivity index (χ0) is 20.2. The van der Waals surface area contributed by atoms with Gasteiger partial charge in [-0.3, -0.25) is 10.6 Å². The molecule has 0 aliphatic heterocycles. The van der Waals surface area contributed by atoms with E-state index < -0.39 is 0 Å². The molecule has 0 aromatic rings. The minimum absolute atomic E-state index is 0.0935. The van der Waals surface area contributed by atoms with Crippen LogP contribution in [0.25, 0.3) is 0 Å². The monoisotopic (exact) mass is 383 g/mol. The Hall–Kier alpha value is -0.610. The van der Waals surface area contributed by atoms with Crippen molar-refractivity contribution in [3.05, 3.63) is 0 Å². The molecule has 0 aromatic carbocycles. The second-order valence-electron chi connectivity index (χ2n) is 8.69. The molecule has 0 aromatic heterocycles. The minimum atomic E-state index is -0.146. The van der Waals surface area contributed by atoms with E-state index in [1.54, 1.807) is 0 Å². The van der Waals surface area contributed by atoms with E-state index in [-0.39, 0.29) is 12.1 Å². The minimum Gasteiger partial charge on any atom is -0.340 e. The van der Waals surface area contributed by atoms with E-state index in [1.807, 2.05) is 6.92 Å². The molecule has 1 atom stereocenters. The van der Waals surface area contributed by atoms with Crippen LogP contribution in [0.1, 0.15) is 130 Å². The number of unbranched alkanes of at least 4 members (excludes halogenated alkanes) is 14. The van der Waals surface area contributed by atoms with Crippen LogP contribution >= 0.6 is 0 Å². The number of rotatable bonds is 20. The maximum Gasteiger partial charge on any atom is 0.221 e. The Balaban J connectivity index is 3.12. The molecule has 162 valence electrons. The molecule has 0 saturated heterocycles. The molecule has 1 unspecified atom stereocenters. The van der Waals surface area contributed by atoms with Crippen molar-refractivity contribution in [1.29, 1.82) is 0 Å². The van der Waals surface area contributed by atoms with E-state index in [0.717, 1.165) is 18.8 Å². The standard InChI is InChI=1S/C23H49N3O/c1-21(2)19-17-15-13-11-9-7-5-4-6-8-10-12-14-16-18-20-23(27)25-22(3)26-24/h21-22,26H,4-20,24H2,1-3H3,(H,25,27). The lowest BCUT2D eigenvalue weighted by Crippen LogP contribution is -2.46. The fraction of sp³-hybridized carbons (Fsp3) is 0.957. The van der Waals surface area contributed by atoms with E-state index in [2.05, 4.69) is 24.6 Å². The van der Waals surface area contributed by atoms with Gasteiger partial charge in [-0.1, -0.05) is 110 Å². The van der Waals surface area contributed by atoms with Crippen LogP contribution in [0.5, 0.6) is 0 Å². The first-order valence-corrected chi connectivity index (χ1v) is 11.8. The Kier molecular flexibility index (Phi) is 19.7. The van der Waals surface area contributed by atoms with Crippen molar-refractivity contribution >= 4 is 5.91 Å². The predicted octanol–water partition coefficient (Wildman–Crippen LogP) is 6.20. The highest BCUT2D eigenvalue weighted by Gasteiger charge is 2.04. The summed E-state index contributed by atoms with van der Waals surface area (Å²) in [4.78, 5) is 11.6.